The van der Waals surface area contributed by atoms with Crippen molar-refractivity contribution in [1.82, 2.24) is 5.32 Å². The monoisotopic (exact) mass is 251 g/mol. The smallest absolute Gasteiger partial charge is 0.251 e. The topological polar surface area (TPSA) is 29.1 Å². The SMILES string of the molecule is CCC(CCl)NC(=O)c1ccc2c(c1)CCC2. The minimum atomic E-state index is -0.00722. The van der Waals surface area contributed by atoms with E-state index in [0.717, 1.165) is 24.8 Å². The number of alkyl halides is 1. The number of benzene rings is 1. The molecule has 1 aliphatic carbocycles. The highest BCUT2D eigenvalue weighted by Crippen LogP contribution is 2.22. The van der Waals surface area contributed by atoms with Crippen molar-refractivity contribution in [3.8, 4) is 0 Å². The van der Waals surface area contributed by atoms with Crippen molar-refractivity contribution in [3.05, 3.63) is 34.9 Å². The molecule has 0 aromatic heterocycles. The number of halogens is 1. The molecule has 2 nitrogen and oxygen atoms in total. The minimum Gasteiger partial charge on any atom is -0.348 e. The van der Waals surface area contributed by atoms with Crippen molar-refractivity contribution in [1.29, 1.82) is 0 Å². The van der Waals surface area contributed by atoms with Gasteiger partial charge in [0.15, 0.2) is 0 Å². The molecule has 17 heavy (non-hydrogen) atoms. The molecule has 92 valence electrons. The van der Waals surface area contributed by atoms with E-state index in [4.69, 9.17) is 11.6 Å². The standard InChI is InChI=1S/C14H18ClNO/c1-2-13(9-15)16-14(17)12-7-6-10-4-3-5-11(10)8-12/h6-8,13H,2-5,9H2,1H3,(H,16,17). The van der Waals surface area contributed by atoms with Crippen molar-refractivity contribution in [3.63, 3.8) is 0 Å². The molecule has 0 fully saturated rings. The molecule has 1 N–H and O–H groups in total. The third kappa shape index (κ3) is 2.81. The Morgan fingerprint density at radius 3 is 2.88 bits per heavy atom. The molecular formula is C14H18ClNO. The maximum absolute atomic E-state index is 12.0. The van der Waals surface area contributed by atoms with Gasteiger partial charge in [0.2, 0.25) is 0 Å². The van der Waals surface area contributed by atoms with E-state index in [1.165, 1.54) is 17.5 Å². The molecule has 0 aliphatic heterocycles. The van der Waals surface area contributed by atoms with Gasteiger partial charge in [-0.1, -0.05) is 13.0 Å². The lowest BCUT2D eigenvalue weighted by Gasteiger charge is -2.14. The largest absolute Gasteiger partial charge is 0.348 e. The fraction of sp³-hybridized carbons (Fsp3) is 0.500. The van der Waals surface area contributed by atoms with Crippen LogP contribution in [0.1, 0.15) is 41.3 Å². The summed E-state index contributed by atoms with van der Waals surface area (Å²) >= 11 is 5.78. The predicted octanol–water partition coefficient (Wildman–Crippen LogP) is 2.92. The van der Waals surface area contributed by atoms with Gasteiger partial charge >= 0.3 is 0 Å². The number of nitrogens with one attached hydrogen (secondary N) is 1. The third-order valence-corrected chi connectivity index (χ3v) is 3.75. The van der Waals surface area contributed by atoms with Crippen molar-refractivity contribution in [2.45, 2.75) is 38.6 Å². The van der Waals surface area contributed by atoms with Gasteiger partial charge in [-0.2, -0.15) is 0 Å². The first-order valence-electron chi connectivity index (χ1n) is 6.23. The molecule has 0 heterocycles. The molecule has 3 heteroatoms. The van der Waals surface area contributed by atoms with Crippen LogP contribution in [0.15, 0.2) is 18.2 Å². The second kappa shape index (κ2) is 5.54. The first-order valence-corrected chi connectivity index (χ1v) is 6.76. The van der Waals surface area contributed by atoms with Crippen LogP contribution >= 0.6 is 11.6 Å². The Balaban J connectivity index is 2.09. The number of amides is 1. The van der Waals surface area contributed by atoms with E-state index < -0.39 is 0 Å². The maximum Gasteiger partial charge on any atom is 0.251 e. The Morgan fingerprint density at radius 1 is 1.41 bits per heavy atom. The summed E-state index contributed by atoms with van der Waals surface area (Å²) in [6.07, 6.45) is 4.32. The van der Waals surface area contributed by atoms with E-state index in [1.54, 1.807) is 0 Å². The van der Waals surface area contributed by atoms with Crippen LogP contribution in [0.25, 0.3) is 0 Å². The Labute approximate surface area is 107 Å². The predicted molar refractivity (Wildman–Crippen MR) is 70.7 cm³/mol. The number of carbonyl (C=O) groups is 1. The van der Waals surface area contributed by atoms with Crippen LogP contribution in [0.4, 0.5) is 0 Å². The first-order chi connectivity index (χ1) is 8.24. The van der Waals surface area contributed by atoms with Gasteiger partial charge < -0.3 is 5.32 Å². The van der Waals surface area contributed by atoms with Gasteiger partial charge in [0.25, 0.3) is 5.91 Å². The summed E-state index contributed by atoms with van der Waals surface area (Å²) in [5, 5.41) is 2.95. The van der Waals surface area contributed by atoms with Crippen molar-refractivity contribution >= 4 is 17.5 Å². The molecule has 2 rings (SSSR count). The number of hydrogen-bond donors (Lipinski definition) is 1. The van der Waals surface area contributed by atoms with E-state index in [-0.39, 0.29) is 11.9 Å². The highest BCUT2D eigenvalue weighted by molar-refractivity contribution is 6.18. The van der Waals surface area contributed by atoms with Crippen LogP contribution in [-0.2, 0) is 12.8 Å². The Bertz CT molecular complexity index is 413. The second-order valence-electron chi connectivity index (χ2n) is 4.57. The quantitative estimate of drug-likeness (QED) is 0.820. The molecule has 1 unspecified atom stereocenters. The zero-order valence-corrected chi connectivity index (χ0v) is 10.9. The van der Waals surface area contributed by atoms with Gasteiger partial charge in [-0.3, -0.25) is 4.79 Å². The Kier molecular flexibility index (Phi) is 4.06. The molecule has 1 aromatic carbocycles. The van der Waals surface area contributed by atoms with E-state index in [1.807, 2.05) is 19.1 Å². The van der Waals surface area contributed by atoms with Gasteiger partial charge in [0.1, 0.15) is 0 Å². The van der Waals surface area contributed by atoms with E-state index in [2.05, 4.69) is 11.4 Å². The highest BCUT2D eigenvalue weighted by atomic mass is 35.5. The van der Waals surface area contributed by atoms with Crippen LogP contribution < -0.4 is 5.32 Å². The molecule has 0 saturated heterocycles. The van der Waals surface area contributed by atoms with Gasteiger partial charge in [-0.25, -0.2) is 0 Å². The second-order valence-corrected chi connectivity index (χ2v) is 4.88. The molecule has 1 atom stereocenters. The minimum absolute atomic E-state index is 0.00722. The lowest BCUT2D eigenvalue weighted by molar-refractivity contribution is 0.0939. The third-order valence-electron chi connectivity index (χ3n) is 3.37. The number of carbonyl (C=O) groups excluding carboxylic acids is 1. The van der Waals surface area contributed by atoms with Crippen molar-refractivity contribution in [2.24, 2.45) is 0 Å². The number of aryl methyl sites for hydroxylation is 2. The van der Waals surface area contributed by atoms with Crippen LogP contribution in [-0.4, -0.2) is 17.8 Å². The molecule has 0 saturated carbocycles. The summed E-state index contributed by atoms with van der Waals surface area (Å²) in [6.45, 7) is 2.02. The summed E-state index contributed by atoms with van der Waals surface area (Å²) in [4.78, 5) is 12.0. The number of fused-ring (bicyclic) bond motifs is 1. The average Bonchev–Trinajstić information content (AvgIpc) is 2.82. The van der Waals surface area contributed by atoms with Crippen molar-refractivity contribution < 1.29 is 4.79 Å². The van der Waals surface area contributed by atoms with E-state index in [9.17, 15) is 4.79 Å². The number of hydrogen-bond acceptors (Lipinski definition) is 1. The summed E-state index contributed by atoms with van der Waals surface area (Å²) < 4.78 is 0. The van der Waals surface area contributed by atoms with Crippen LogP contribution in [0.3, 0.4) is 0 Å². The molecular weight excluding hydrogens is 234 g/mol. The fourth-order valence-corrected chi connectivity index (χ4v) is 2.53. The van der Waals surface area contributed by atoms with Gasteiger partial charge in [-0.05, 0) is 48.9 Å². The van der Waals surface area contributed by atoms with Gasteiger partial charge in [-0.15, -0.1) is 11.6 Å². The Morgan fingerprint density at radius 2 is 2.18 bits per heavy atom. The summed E-state index contributed by atoms with van der Waals surface area (Å²) in [6, 6.07) is 6.09. The fourth-order valence-electron chi connectivity index (χ4n) is 2.23. The lowest BCUT2D eigenvalue weighted by atomic mass is 10.1. The zero-order valence-electron chi connectivity index (χ0n) is 10.1. The lowest BCUT2D eigenvalue weighted by Crippen LogP contribution is -2.35. The summed E-state index contributed by atoms with van der Waals surface area (Å²) in [5.41, 5.74) is 3.48. The maximum atomic E-state index is 12.0. The summed E-state index contributed by atoms with van der Waals surface area (Å²) in [7, 11) is 0. The van der Waals surface area contributed by atoms with Gasteiger partial charge in [0, 0.05) is 17.5 Å². The normalized spacial score (nSPS) is 15.4. The molecule has 1 aliphatic rings. The Hall–Kier alpha value is -1.02. The first kappa shape index (κ1) is 12.4. The molecule has 0 bridgehead atoms. The van der Waals surface area contributed by atoms with Gasteiger partial charge in [0.05, 0.1) is 0 Å². The highest BCUT2D eigenvalue weighted by Gasteiger charge is 2.15. The van der Waals surface area contributed by atoms with E-state index in [0.29, 0.717) is 5.88 Å². The molecule has 0 radical (unpaired) electrons. The van der Waals surface area contributed by atoms with Crippen LogP contribution in [0.5, 0.6) is 0 Å². The summed E-state index contributed by atoms with van der Waals surface area (Å²) in [5.74, 6) is 0.458. The van der Waals surface area contributed by atoms with Crippen molar-refractivity contribution in [2.75, 3.05) is 5.88 Å². The molecule has 1 aromatic rings. The number of rotatable bonds is 4. The van der Waals surface area contributed by atoms with Crippen LogP contribution in [0, 0.1) is 0 Å². The van der Waals surface area contributed by atoms with E-state index >= 15 is 0 Å². The molecule has 0 spiro atoms. The molecule has 1 amide bonds. The zero-order chi connectivity index (χ0) is 12.3. The average molecular weight is 252 g/mol. The van der Waals surface area contributed by atoms with Crippen LogP contribution in [0.2, 0.25) is 0 Å².